The molecule has 1 aliphatic carbocycles. The Labute approximate surface area is 77.1 Å². The first kappa shape index (κ1) is 8.56. The summed E-state index contributed by atoms with van der Waals surface area (Å²) in [6, 6.07) is 0. The van der Waals surface area contributed by atoms with Gasteiger partial charge in [0.25, 0.3) is 5.91 Å². The summed E-state index contributed by atoms with van der Waals surface area (Å²) < 4.78 is 0. The molecule has 0 saturated heterocycles. The van der Waals surface area contributed by atoms with Gasteiger partial charge in [0.15, 0.2) is 0 Å². The topological polar surface area (TPSA) is 64.4 Å². The predicted octanol–water partition coefficient (Wildman–Crippen LogP) is 0.593. The summed E-state index contributed by atoms with van der Waals surface area (Å²) >= 11 is 0. The second-order valence-corrected chi connectivity index (χ2v) is 3.75. The maximum absolute atomic E-state index is 10.8. The summed E-state index contributed by atoms with van der Waals surface area (Å²) in [5, 5.41) is 0. The molecule has 1 spiro atoms. The van der Waals surface area contributed by atoms with Gasteiger partial charge in [0.2, 0.25) is 0 Å². The molecule has 0 aromatic carbocycles. The summed E-state index contributed by atoms with van der Waals surface area (Å²) in [6.45, 7) is 0. The van der Waals surface area contributed by atoms with Gasteiger partial charge in [-0.3, -0.25) is 15.1 Å². The molecule has 0 atom stereocenters. The molecule has 4 heteroatoms. The Morgan fingerprint density at radius 2 is 2.15 bits per heavy atom. The fourth-order valence-electron chi connectivity index (χ4n) is 2.00. The highest BCUT2D eigenvalue weighted by atomic mass is 16.7. The molecule has 0 bridgehead atoms. The van der Waals surface area contributed by atoms with E-state index in [0.29, 0.717) is 5.70 Å². The maximum Gasteiger partial charge on any atom is 0.266 e. The molecule has 0 radical (unpaired) electrons. The highest BCUT2D eigenvalue weighted by molar-refractivity contribution is 5.91. The minimum Gasteiger partial charge on any atom is -0.364 e. The van der Waals surface area contributed by atoms with E-state index in [1.807, 2.05) is 6.08 Å². The van der Waals surface area contributed by atoms with Gasteiger partial charge in [-0.2, -0.15) is 0 Å². The smallest absolute Gasteiger partial charge is 0.266 e. The van der Waals surface area contributed by atoms with Crippen molar-refractivity contribution in [3.63, 3.8) is 0 Å². The van der Waals surface area contributed by atoms with E-state index in [-0.39, 0.29) is 5.60 Å². The maximum atomic E-state index is 10.8. The van der Waals surface area contributed by atoms with E-state index in [4.69, 9.17) is 10.6 Å². The van der Waals surface area contributed by atoms with Gasteiger partial charge in [0.05, 0.1) is 0 Å². The average Bonchev–Trinajstić information content (AvgIpc) is 2.51. The van der Waals surface area contributed by atoms with Gasteiger partial charge in [0, 0.05) is 0 Å². The third-order valence-corrected chi connectivity index (χ3v) is 2.74. The van der Waals surface area contributed by atoms with E-state index in [1.54, 1.807) is 0 Å². The molecule has 3 N–H and O–H groups in total. The van der Waals surface area contributed by atoms with Gasteiger partial charge in [-0.25, -0.2) is 0 Å². The van der Waals surface area contributed by atoms with Crippen molar-refractivity contribution in [3.05, 3.63) is 11.8 Å². The molecule has 1 heterocycles. The summed E-state index contributed by atoms with van der Waals surface area (Å²) in [7, 11) is 0. The lowest BCUT2D eigenvalue weighted by atomic mass is 9.84. The van der Waals surface area contributed by atoms with Crippen molar-refractivity contribution >= 4 is 5.91 Å². The van der Waals surface area contributed by atoms with Crippen molar-refractivity contribution in [1.29, 1.82) is 0 Å². The van der Waals surface area contributed by atoms with Gasteiger partial charge < -0.3 is 5.73 Å². The highest BCUT2D eigenvalue weighted by Crippen LogP contribution is 2.35. The van der Waals surface area contributed by atoms with Crippen molar-refractivity contribution in [2.45, 2.75) is 37.7 Å². The Hall–Kier alpha value is -1.03. The average molecular weight is 182 g/mol. The summed E-state index contributed by atoms with van der Waals surface area (Å²) in [4.78, 5) is 16.3. The lowest BCUT2D eigenvalue weighted by molar-refractivity contribution is -0.117. The molecule has 0 aromatic heterocycles. The SMILES string of the molecule is NC(=O)C1=CC2(CCCCC2)ON1. The monoisotopic (exact) mass is 182 g/mol. The highest BCUT2D eigenvalue weighted by Gasteiger charge is 2.37. The van der Waals surface area contributed by atoms with Crippen LogP contribution in [-0.4, -0.2) is 11.5 Å². The Morgan fingerprint density at radius 1 is 1.46 bits per heavy atom. The predicted molar refractivity (Wildman–Crippen MR) is 47.3 cm³/mol. The molecule has 1 amide bonds. The zero-order chi connectivity index (χ0) is 9.31. The second-order valence-electron chi connectivity index (χ2n) is 3.75. The van der Waals surface area contributed by atoms with Gasteiger partial charge in [-0.15, -0.1) is 0 Å². The fraction of sp³-hybridized carbons (Fsp3) is 0.667. The Morgan fingerprint density at radius 3 is 2.69 bits per heavy atom. The number of nitrogens with one attached hydrogen (secondary N) is 1. The van der Waals surface area contributed by atoms with Crippen LogP contribution in [0.4, 0.5) is 0 Å². The summed E-state index contributed by atoms with van der Waals surface area (Å²) in [5.74, 6) is -0.442. The molecule has 72 valence electrons. The van der Waals surface area contributed by atoms with Crippen LogP contribution < -0.4 is 11.2 Å². The number of primary amides is 1. The molecule has 1 saturated carbocycles. The second kappa shape index (κ2) is 3.03. The number of carbonyl (C=O) groups is 1. The standard InChI is InChI=1S/C9H14N2O2/c10-8(12)7-6-9(13-11-7)4-2-1-3-5-9/h6,11H,1-5H2,(H2,10,12). The van der Waals surface area contributed by atoms with Crippen molar-refractivity contribution in [3.8, 4) is 0 Å². The van der Waals surface area contributed by atoms with Gasteiger partial charge in [-0.05, 0) is 18.9 Å². The molecule has 0 unspecified atom stereocenters. The number of rotatable bonds is 1. The van der Waals surface area contributed by atoms with E-state index in [1.165, 1.54) is 6.42 Å². The van der Waals surface area contributed by atoms with Crippen LogP contribution in [0.2, 0.25) is 0 Å². The fourth-order valence-corrected chi connectivity index (χ4v) is 2.00. The number of hydrogen-bond donors (Lipinski definition) is 2. The van der Waals surface area contributed by atoms with Crippen LogP contribution in [0, 0.1) is 0 Å². The van der Waals surface area contributed by atoms with Gasteiger partial charge in [0.1, 0.15) is 11.3 Å². The van der Waals surface area contributed by atoms with Crippen LogP contribution in [0.3, 0.4) is 0 Å². The van der Waals surface area contributed by atoms with Crippen molar-refractivity contribution in [2.24, 2.45) is 5.73 Å². The van der Waals surface area contributed by atoms with Crippen molar-refractivity contribution in [1.82, 2.24) is 5.48 Å². The van der Waals surface area contributed by atoms with Crippen LogP contribution >= 0.6 is 0 Å². The Kier molecular flexibility index (Phi) is 2.00. The number of hydrogen-bond acceptors (Lipinski definition) is 3. The molecule has 4 nitrogen and oxygen atoms in total. The zero-order valence-electron chi connectivity index (χ0n) is 7.51. The van der Waals surface area contributed by atoms with Crippen LogP contribution in [-0.2, 0) is 9.63 Å². The molecule has 1 fully saturated rings. The minimum atomic E-state index is -0.442. The van der Waals surface area contributed by atoms with E-state index >= 15 is 0 Å². The number of carbonyl (C=O) groups excluding carboxylic acids is 1. The molecular formula is C9H14N2O2. The van der Waals surface area contributed by atoms with Crippen LogP contribution in [0.25, 0.3) is 0 Å². The van der Waals surface area contributed by atoms with Gasteiger partial charge >= 0.3 is 0 Å². The number of hydroxylamine groups is 1. The van der Waals surface area contributed by atoms with Crippen LogP contribution in [0.1, 0.15) is 32.1 Å². The van der Waals surface area contributed by atoms with Gasteiger partial charge in [-0.1, -0.05) is 19.3 Å². The first-order valence-electron chi connectivity index (χ1n) is 4.69. The van der Waals surface area contributed by atoms with Crippen molar-refractivity contribution < 1.29 is 9.63 Å². The first-order chi connectivity index (χ1) is 6.22. The Balaban J connectivity index is 2.13. The van der Waals surface area contributed by atoms with Crippen LogP contribution in [0.15, 0.2) is 11.8 Å². The van der Waals surface area contributed by atoms with E-state index < -0.39 is 5.91 Å². The molecular weight excluding hydrogens is 168 g/mol. The third kappa shape index (κ3) is 1.54. The summed E-state index contributed by atoms with van der Waals surface area (Å²) in [6.07, 6.45) is 7.38. The molecule has 1 aliphatic heterocycles. The number of nitrogens with two attached hydrogens (primary N) is 1. The van der Waals surface area contributed by atoms with Crippen LogP contribution in [0.5, 0.6) is 0 Å². The quantitative estimate of drug-likeness (QED) is 0.624. The molecule has 13 heavy (non-hydrogen) atoms. The lowest BCUT2D eigenvalue weighted by Gasteiger charge is -2.29. The summed E-state index contributed by atoms with van der Waals surface area (Å²) in [5.41, 5.74) is 7.90. The minimum absolute atomic E-state index is 0.247. The van der Waals surface area contributed by atoms with Crippen molar-refractivity contribution in [2.75, 3.05) is 0 Å². The molecule has 2 rings (SSSR count). The Bertz CT molecular complexity index is 254. The van der Waals surface area contributed by atoms with E-state index in [2.05, 4.69) is 5.48 Å². The van der Waals surface area contributed by atoms with E-state index in [9.17, 15) is 4.79 Å². The zero-order valence-corrected chi connectivity index (χ0v) is 7.51. The third-order valence-electron chi connectivity index (χ3n) is 2.74. The van der Waals surface area contributed by atoms with E-state index in [0.717, 1.165) is 25.7 Å². The largest absolute Gasteiger partial charge is 0.364 e. The number of amides is 1. The normalized spacial score (nSPS) is 25.4. The first-order valence-corrected chi connectivity index (χ1v) is 4.69. The molecule has 0 aromatic rings. The lowest BCUT2D eigenvalue weighted by Crippen LogP contribution is -2.32. The molecule has 2 aliphatic rings.